The SMILES string of the molecule is CCC[Si](OC)(OC)OCCC(F)(F)C(F)(F)F. The van der Waals surface area contributed by atoms with Crippen LogP contribution in [0.4, 0.5) is 22.0 Å². The molecule has 0 N–H and O–H groups in total. The molecular weight excluding hydrogens is 279 g/mol. The highest BCUT2D eigenvalue weighted by molar-refractivity contribution is 6.60. The predicted octanol–water partition coefficient (Wildman–Crippen LogP) is 3.23. The van der Waals surface area contributed by atoms with Gasteiger partial charge in [0.1, 0.15) is 0 Å². The van der Waals surface area contributed by atoms with Crippen molar-refractivity contribution in [1.82, 2.24) is 0 Å². The molecule has 0 atom stereocenters. The standard InChI is InChI=1S/C9H17F5O3Si/c1-4-7-18(15-2,16-3)17-6-5-8(10,11)9(12,13)14/h4-7H2,1-3H3. The Kier molecular flexibility index (Phi) is 6.69. The topological polar surface area (TPSA) is 27.7 Å². The fourth-order valence-corrected chi connectivity index (χ4v) is 3.24. The predicted molar refractivity (Wildman–Crippen MR) is 56.4 cm³/mol. The van der Waals surface area contributed by atoms with Gasteiger partial charge in [0.05, 0.1) is 0 Å². The maximum Gasteiger partial charge on any atom is 0.500 e. The Morgan fingerprint density at radius 3 is 1.83 bits per heavy atom. The first-order valence-electron chi connectivity index (χ1n) is 5.33. The summed E-state index contributed by atoms with van der Waals surface area (Å²) in [6.45, 7) is 1.04. The summed E-state index contributed by atoms with van der Waals surface area (Å²) < 4.78 is 76.0. The van der Waals surface area contributed by atoms with Crippen LogP contribution >= 0.6 is 0 Å². The van der Waals surface area contributed by atoms with E-state index < -0.39 is 33.9 Å². The van der Waals surface area contributed by atoms with Crippen molar-refractivity contribution >= 4 is 8.80 Å². The van der Waals surface area contributed by atoms with Crippen molar-refractivity contribution in [3.8, 4) is 0 Å². The molecule has 0 aromatic carbocycles. The third-order valence-corrected chi connectivity index (χ3v) is 5.33. The second-order valence-corrected chi connectivity index (χ2v) is 6.61. The number of rotatable bonds is 8. The first-order valence-corrected chi connectivity index (χ1v) is 7.26. The molecule has 18 heavy (non-hydrogen) atoms. The van der Waals surface area contributed by atoms with Crippen molar-refractivity contribution in [1.29, 1.82) is 0 Å². The molecule has 0 rings (SSSR count). The summed E-state index contributed by atoms with van der Waals surface area (Å²) >= 11 is 0. The molecular formula is C9H17F5O3Si. The van der Waals surface area contributed by atoms with Gasteiger partial charge in [-0.25, -0.2) is 0 Å². The molecule has 0 aliphatic rings. The zero-order valence-corrected chi connectivity index (χ0v) is 11.4. The molecule has 0 bridgehead atoms. The van der Waals surface area contributed by atoms with E-state index in [-0.39, 0.29) is 0 Å². The van der Waals surface area contributed by atoms with Gasteiger partial charge in [-0.3, -0.25) is 0 Å². The highest BCUT2D eigenvalue weighted by atomic mass is 28.4. The van der Waals surface area contributed by atoms with Gasteiger partial charge in [-0.15, -0.1) is 0 Å². The Morgan fingerprint density at radius 2 is 1.50 bits per heavy atom. The maximum atomic E-state index is 12.6. The van der Waals surface area contributed by atoms with E-state index in [1.807, 2.05) is 0 Å². The summed E-state index contributed by atoms with van der Waals surface area (Å²) in [5.41, 5.74) is 0. The van der Waals surface area contributed by atoms with Crippen molar-refractivity contribution < 1.29 is 35.2 Å². The molecule has 0 fully saturated rings. The third kappa shape index (κ3) is 4.79. The first kappa shape index (κ1) is 17.7. The molecule has 110 valence electrons. The average molecular weight is 296 g/mol. The Hall–Kier alpha value is -0.253. The lowest BCUT2D eigenvalue weighted by Crippen LogP contribution is -2.45. The molecule has 0 aliphatic carbocycles. The van der Waals surface area contributed by atoms with Gasteiger partial charge in [-0.05, 0) is 0 Å². The van der Waals surface area contributed by atoms with Crippen molar-refractivity contribution in [2.45, 2.75) is 37.9 Å². The quantitative estimate of drug-likeness (QED) is 0.508. The van der Waals surface area contributed by atoms with Crippen LogP contribution in [0.2, 0.25) is 6.04 Å². The van der Waals surface area contributed by atoms with Gasteiger partial charge in [0, 0.05) is 33.3 Å². The minimum atomic E-state index is -5.56. The first-order chi connectivity index (χ1) is 8.14. The molecule has 0 aliphatic heterocycles. The van der Waals surface area contributed by atoms with Crippen molar-refractivity contribution in [3.63, 3.8) is 0 Å². The Morgan fingerprint density at radius 1 is 1.00 bits per heavy atom. The highest BCUT2D eigenvalue weighted by Crippen LogP contribution is 2.38. The van der Waals surface area contributed by atoms with Crippen LogP contribution in [-0.2, 0) is 13.3 Å². The summed E-state index contributed by atoms with van der Waals surface area (Å²) in [7, 11) is -0.533. The molecule has 0 amide bonds. The van der Waals surface area contributed by atoms with E-state index in [0.717, 1.165) is 0 Å². The molecule has 0 saturated carbocycles. The molecule has 0 unspecified atom stereocenters. The number of hydrogen-bond donors (Lipinski definition) is 0. The normalized spacial score (nSPS) is 14.0. The van der Waals surface area contributed by atoms with Gasteiger partial charge in [0.15, 0.2) is 0 Å². The summed E-state index contributed by atoms with van der Waals surface area (Å²) in [6.07, 6.45) is -6.39. The number of hydrogen-bond acceptors (Lipinski definition) is 3. The van der Waals surface area contributed by atoms with E-state index in [2.05, 4.69) is 0 Å². The van der Waals surface area contributed by atoms with Gasteiger partial charge in [-0.1, -0.05) is 13.3 Å². The Bertz CT molecular complexity index is 243. The van der Waals surface area contributed by atoms with E-state index in [0.29, 0.717) is 12.5 Å². The number of halogens is 5. The zero-order chi connectivity index (χ0) is 14.4. The average Bonchev–Trinajstić information content (AvgIpc) is 2.26. The summed E-state index contributed by atoms with van der Waals surface area (Å²) in [6, 6.07) is 0.359. The van der Waals surface area contributed by atoms with E-state index in [1.165, 1.54) is 14.2 Å². The van der Waals surface area contributed by atoms with Crippen LogP contribution in [-0.4, -0.2) is 41.7 Å². The largest absolute Gasteiger partial charge is 0.500 e. The van der Waals surface area contributed by atoms with Crippen LogP contribution in [0.15, 0.2) is 0 Å². The summed E-state index contributed by atoms with van der Waals surface area (Å²) in [5.74, 6) is -4.76. The van der Waals surface area contributed by atoms with Gasteiger partial charge in [-0.2, -0.15) is 22.0 Å². The lowest BCUT2D eigenvalue weighted by atomic mass is 10.2. The summed E-state index contributed by atoms with van der Waals surface area (Å²) in [4.78, 5) is 0. The van der Waals surface area contributed by atoms with Crippen molar-refractivity contribution in [2.24, 2.45) is 0 Å². The molecule has 0 heterocycles. The second kappa shape index (κ2) is 6.78. The fourth-order valence-electron chi connectivity index (χ4n) is 1.26. The highest BCUT2D eigenvalue weighted by Gasteiger charge is 2.57. The van der Waals surface area contributed by atoms with E-state index in [9.17, 15) is 22.0 Å². The minimum Gasteiger partial charge on any atom is -0.377 e. The number of alkyl halides is 5. The van der Waals surface area contributed by atoms with Crippen molar-refractivity contribution in [2.75, 3.05) is 20.8 Å². The van der Waals surface area contributed by atoms with Crippen LogP contribution in [0.3, 0.4) is 0 Å². The smallest absolute Gasteiger partial charge is 0.377 e. The van der Waals surface area contributed by atoms with Gasteiger partial charge < -0.3 is 13.3 Å². The minimum absolute atomic E-state index is 0.359. The third-order valence-electron chi connectivity index (χ3n) is 2.33. The molecule has 0 aromatic heterocycles. The van der Waals surface area contributed by atoms with Gasteiger partial charge in [0.25, 0.3) is 0 Å². The molecule has 9 heteroatoms. The van der Waals surface area contributed by atoms with Crippen LogP contribution < -0.4 is 0 Å². The molecule has 0 radical (unpaired) electrons. The monoisotopic (exact) mass is 296 g/mol. The molecule has 0 saturated heterocycles. The second-order valence-electron chi connectivity index (χ2n) is 3.64. The lowest BCUT2D eigenvalue weighted by molar-refractivity contribution is -0.286. The van der Waals surface area contributed by atoms with Crippen molar-refractivity contribution in [3.05, 3.63) is 0 Å². The molecule has 3 nitrogen and oxygen atoms in total. The van der Waals surface area contributed by atoms with E-state index >= 15 is 0 Å². The maximum absolute atomic E-state index is 12.6. The van der Waals surface area contributed by atoms with Crippen LogP contribution in [0.1, 0.15) is 19.8 Å². The van der Waals surface area contributed by atoms with E-state index in [4.69, 9.17) is 13.3 Å². The fraction of sp³-hybridized carbons (Fsp3) is 1.00. The Labute approximate surface area is 104 Å². The zero-order valence-electron chi connectivity index (χ0n) is 10.4. The Balaban J connectivity index is 4.39. The molecule has 0 spiro atoms. The van der Waals surface area contributed by atoms with Crippen LogP contribution in [0.25, 0.3) is 0 Å². The van der Waals surface area contributed by atoms with Gasteiger partial charge >= 0.3 is 20.9 Å². The van der Waals surface area contributed by atoms with Crippen LogP contribution in [0.5, 0.6) is 0 Å². The lowest BCUT2D eigenvalue weighted by Gasteiger charge is -2.27. The molecule has 0 aromatic rings. The van der Waals surface area contributed by atoms with Crippen LogP contribution in [0, 0.1) is 0 Å². The van der Waals surface area contributed by atoms with Gasteiger partial charge in [0.2, 0.25) is 0 Å². The van der Waals surface area contributed by atoms with E-state index in [1.54, 1.807) is 6.92 Å². The summed E-state index contributed by atoms with van der Waals surface area (Å²) in [5, 5.41) is 0.